The first-order valence-corrected chi connectivity index (χ1v) is 7.05. The second-order valence-electron chi connectivity index (χ2n) is 3.89. The Bertz CT molecular complexity index is 585. The number of aliphatic carboxylic acids is 1. The van der Waals surface area contributed by atoms with Crippen LogP contribution < -0.4 is 4.74 Å². The molecular formula is C13H14N2O4S. The zero-order chi connectivity index (χ0) is 14.4. The predicted octanol–water partition coefficient (Wildman–Crippen LogP) is 2.39. The van der Waals surface area contributed by atoms with Crippen molar-refractivity contribution in [1.82, 2.24) is 10.2 Å². The van der Waals surface area contributed by atoms with E-state index in [2.05, 4.69) is 17.1 Å². The van der Waals surface area contributed by atoms with Gasteiger partial charge in [0.2, 0.25) is 0 Å². The van der Waals surface area contributed by atoms with Gasteiger partial charge in [0.05, 0.1) is 0 Å². The monoisotopic (exact) mass is 294 g/mol. The molecule has 20 heavy (non-hydrogen) atoms. The molecule has 0 aliphatic heterocycles. The topological polar surface area (TPSA) is 85.5 Å². The molecule has 0 unspecified atom stereocenters. The summed E-state index contributed by atoms with van der Waals surface area (Å²) in [6, 6.07) is 7.74. The number of hydrogen-bond donors (Lipinski definition) is 1. The summed E-state index contributed by atoms with van der Waals surface area (Å²) in [7, 11) is 0. The maximum atomic E-state index is 10.4. The van der Waals surface area contributed by atoms with E-state index in [9.17, 15) is 4.79 Å². The van der Waals surface area contributed by atoms with Crippen LogP contribution in [0.5, 0.6) is 5.75 Å². The Hall–Kier alpha value is -2.02. The number of carboxylic acid groups (broad SMARTS) is 1. The van der Waals surface area contributed by atoms with Crippen molar-refractivity contribution in [2.75, 3.05) is 5.75 Å². The molecule has 2 rings (SSSR count). The summed E-state index contributed by atoms with van der Waals surface area (Å²) in [5, 5.41) is 16.3. The number of carbonyl (C=O) groups is 1. The third-order valence-electron chi connectivity index (χ3n) is 2.47. The maximum Gasteiger partial charge on any atom is 0.314 e. The molecule has 6 nitrogen and oxygen atoms in total. The minimum absolute atomic E-state index is 0.110. The fourth-order valence-corrected chi connectivity index (χ4v) is 2.06. The van der Waals surface area contributed by atoms with E-state index in [0.29, 0.717) is 5.89 Å². The van der Waals surface area contributed by atoms with Crippen molar-refractivity contribution in [2.45, 2.75) is 25.2 Å². The molecular weight excluding hydrogens is 280 g/mol. The molecule has 2 aromatic rings. The largest absolute Gasteiger partial charge is 0.484 e. The van der Waals surface area contributed by atoms with E-state index in [0.717, 1.165) is 29.5 Å². The second-order valence-corrected chi connectivity index (χ2v) is 4.82. The number of ether oxygens (including phenoxy) is 1. The van der Waals surface area contributed by atoms with Crippen molar-refractivity contribution < 1.29 is 19.1 Å². The minimum Gasteiger partial charge on any atom is -0.484 e. The van der Waals surface area contributed by atoms with Gasteiger partial charge in [-0.1, -0.05) is 36.9 Å². The van der Waals surface area contributed by atoms with E-state index >= 15 is 0 Å². The van der Waals surface area contributed by atoms with Crippen LogP contribution in [0.3, 0.4) is 0 Å². The highest BCUT2D eigenvalue weighted by molar-refractivity contribution is 7.99. The van der Waals surface area contributed by atoms with Gasteiger partial charge in [-0.15, -0.1) is 10.2 Å². The highest BCUT2D eigenvalue weighted by atomic mass is 32.2. The van der Waals surface area contributed by atoms with Crippen LogP contribution in [0.2, 0.25) is 0 Å². The number of benzene rings is 1. The summed E-state index contributed by atoms with van der Waals surface area (Å²) in [6.07, 6.45) is 0.875. The van der Waals surface area contributed by atoms with Gasteiger partial charge in [-0.05, 0) is 18.1 Å². The summed E-state index contributed by atoms with van der Waals surface area (Å²) in [4.78, 5) is 10.4. The lowest BCUT2D eigenvalue weighted by atomic mass is 10.1. The molecule has 0 atom stereocenters. The number of carboxylic acids is 1. The van der Waals surface area contributed by atoms with Gasteiger partial charge in [-0.25, -0.2) is 0 Å². The average molecular weight is 294 g/mol. The van der Waals surface area contributed by atoms with Crippen molar-refractivity contribution in [2.24, 2.45) is 0 Å². The standard InChI is InChI=1S/C13H14N2O4S/c1-2-9-5-3-4-6-10(9)18-7-11-14-15-13(19-11)20-8-12(16)17/h3-6H,2,7-8H2,1H3,(H,16,17). The summed E-state index contributed by atoms with van der Waals surface area (Å²) in [6.45, 7) is 2.22. The van der Waals surface area contributed by atoms with Crippen molar-refractivity contribution >= 4 is 17.7 Å². The molecule has 0 radical (unpaired) electrons. The van der Waals surface area contributed by atoms with Gasteiger partial charge in [0.15, 0.2) is 6.61 Å². The van der Waals surface area contributed by atoms with E-state index in [4.69, 9.17) is 14.3 Å². The van der Waals surface area contributed by atoms with Gasteiger partial charge in [-0.3, -0.25) is 4.79 Å². The molecule has 1 aromatic heterocycles. The first-order chi connectivity index (χ1) is 9.69. The van der Waals surface area contributed by atoms with Crippen LogP contribution >= 0.6 is 11.8 Å². The first kappa shape index (κ1) is 14.4. The fraction of sp³-hybridized carbons (Fsp3) is 0.308. The van der Waals surface area contributed by atoms with E-state index in [1.165, 1.54) is 0 Å². The Balaban J connectivity index is 1.92. The van der Waals surface area contributed by atoms with E-state index in [1.54, 1.807) is 0 Å². The highest BCUT2D eigenvalue weighted by Crippen LogP contribution is 2.20. The first-order valence-electron chi connectivity index (χ1n) is 6.06. The minimum atomic E-state index is -0.928. The molecule has 0 aliphatic rings. The number of thioether (sulfide) groups is 1. The molecule has 106 valence electrons. The number of rotatable bonds is 7. The summed E-state index contributed by atoms with van der Waals surface area (Å²) in [5.74, 6) is 0.0702. The van der Waals surface area contributed by atoms with Gasteiger partial charge >= 0.3 is 5.97 Å². The van der Waals surface area contributed by atoms with Crippen LogP contribution in [0.4, 0.5) is 0 Å². The van der Waals surface area contributed by atoms with Crippen LogP contribution in [0, 0.1) is 0 Å². The fourth-order valence-electron chi connectivity index (χ4n) is 1.55. The highest BCUT2D eigenvalue weighted by Gasteiger charge is 2.10. The molecule has 0 amide bonds. The number of aromatic nitrogens is 2. The molecule has 0 spiro atoms. The second kappa shape index (κ2) is 6.95. The normalized spacial score (nSPS) is 10.4. The molecule has 1 heterocycles. The lowest BCUT2D eigenvalue weighted by molar-refractivity contribution is -0.133. The summed E-state index contributed by atoms with van der Waals surface area (Å²) in [5.41, 5.74) is 1.10. The smallest absolute Gasteiger partial charge is 0.314 e. The Morgan fingerprint density at radius 3 is 2.95 bits per heavy atom. The molecule has 0 saturated carbocycles. The number of hydrogen-bond acceptors (Lipinski definition) is 6. The number of nitrogens with zero attached hydrogens (tertiary/aromatic N) is 2. The molecule has 0 saturated heterocycles. The SMILES string of the molecule is CCc1ccccc1OCc1nnc(SCC(=O)O)o1. The molecule has 0 fully saturated rings. The van der Waals surface area contributed by atoms with E-state index < -0.39 is 5.97 Å². The Morgan fingerprint density at radius 2 is 2.20 bits per heavy atom. The van der Waals surface area contributed by atoms with Gasteiger partial charge in [-0.2, -0.15) is 0 Å². The van der Waals surface area contributed by atoms with Crippen molar-refractivity contribution in [3.8, 4) is 5.75 Å². The van der Waals surface area contributed by atoms with Crippen molar-refractivity contribution in [3.05, 3.63) is 35.7 Å². The van der Waals surface area contributed by atoms with Crippen LogP contribution in [0.1, 0.15) is 18.4 Å². The molecule has 0 aliphatic carbocycles. The van der Waals surface area contributed by atoms with E-state index in [-0.39, 0.29) is 17.6 Å². The number of aryl methyl sites for hydroxylation is 1. The Kier molecular flexibility index (Phi) is 5.00. The van der Waals surface area contributed by atoms with E-state index in [1.807, 2.05) is 24.3 Å². The third-order valence-corrected chi connectivity index (χ3v) is 3.28. The maximum absolute atomic E-state index is 10.4. The van der Waals surface area contributed by atoms with Crippen LogP contribution in [-0.4, -0.2) is 27.0 Å². The van der Waals surface area contributed by atoms with Crippen LogP contribution in [0.25, 0.3) is 0 Å². The van der Waals surface area contributed by atoms with Crippen LogP contribution in [0.15, 0.2) is 33.9 Å². The molecule has 7 heteroatoms. The molecule has 1 aromatic carbocycles. The van der Waals surface area contributed by atoms with Gasteiger partial charge in [0.1, 0.15) is 11.5 Å². The van der Waals surface area contributed by atoms with Gasteiger partial charge in [0, 0.05) is 0 Å². The lowest BCUT2D eigenvalue weighted by Crippen LogP contribution is -1.98. The quantitative estimate of drug-likeness (QED) is 0.785. The Labute approximate surface area is 120 Å². The van der Waals surface area contributed by atoms with Crippen molar-refractivity contribution in [1.29, 1.82) is 0 Å². The summed E-state index contributed by atoms with van der Waals surface area (Å²) < 4.78 is 10.9. The predicted molar refractivity (Wildman–Crippen MR) is 72.8 cm³/mol. The van der Waals surface area contributed by atoms with Gasteiger partial charge in [0.25, 0.3) is 11.1 Å². The zero-order valence-electron chi connectivity index (χ0n) is 10.9. The van der Waals surface area contributed by atoms with Gasteiger partial charge < -0.3 is 14.3 Å². The lowest BCUT2D eigenvalue weighted by Gasteiger charge is -2.07. The summed E-state index contributed by atoms with van der Waals surface area (Å²) >= 11 is 0.983. The zero-order valence-corrected chi connectivity index (χ0v) is 11.7. The number of para-hydroxylation sites is 1. The third kappa shape index (κ3) is 3.99. The molecule has 1 N–H and O–H groups in total. The Morgan fingerprint density at radius 1 is 1.40 bits per heavy atom. The average Bonchev–Trinajstić information content (AvgIpc) is 2.91. The van der Waals surface area contributed by atoms with Crippen LogP contribution in [-0.2, 0) is 17.8 Å². The van der Waals surface area contributed by atoms with Crippen molar-refractivity contribution in [3.63, 3.8) is 0 Å². The molecule has 0 bridgehead atoms.